The lowest BCUT2D eigenvalue weighted by molar-refractivity contribution is 0.0694. The normalized spacial score (nSPS) is 17.8. The van der Waals surface area contributed by atoms with Crippen LogP contribution in [0, 0.1) is 6.92 Å². The summed E-state index contributed by atoms with van der Waals surface area (Å²) in [5, 5.41) is 7.89. The van der Waals surface area contributed by atoms with Crippen LogP contribution >= 0.6 is 11.8 Å². The summed E-state index contributed by atoms with van der Waals surface area (Å²) in [5.74, 6) is 2.17. The van der Waals surface area contributed by atoms with E-state index >= 15 is 0 Å². The van der Waals surface area contributed by atoms with Crippen molar-refractivity contribution in [2.45, 2.75) is 13.0 Å². The number of carbonyl (C=O) groups is 1. The second-order valence-corrected chi connectivity index (χ2v) is 6.61. The Bertz CT molecular complexity index is 673. The zero-order valence-corrected chi connectivity index (χ0v) is 14.0. The van der Waals surface area contributed by atoms with Crippen molar-refractivity contribution in [2.75, 3.05) is 25.2 Å². The molecule has 0 radical (unpaired) electrons. The molecule has 1 aromatic heterocycles. The average Bonchev–Trinajstić information content (AvgIpc) is 2.62. The first-order valence-corrected chi connectivity index (χ1v) is 8.67. The van der Waals surface area contributed by atoms with Gasteiger partial charge in [-0.1, -0.05) is 29.8 Å². The number of thioether (sulfide) groups is 1. The lowest BCUT2D eigenvalue weighted by atomic mass is 10.0. The number of hydrogen-bond acceptors (Lipinski definition) is 5. The topological polar surface area (TPSA) is 55.3 Å². The summed E-state index contributed by atoms with van der Waals surface area (Å²) in [5.41, 5.74) is 2.74. The summed E-state index contributed by atoms with van der Waals surface area (Å²) in [6.45, 7) is 2.78. The van der Waals surface area contributed by atoms with Crippen molar-refractivity contribution >= 4 is 17.7 Å². The molecule has 23 heavy (non-hydrogen) atoms. The molecule has 2 aromatic rings. The Morgan fingerprint density at radius 3 is 2.65 bits per heavy atom. The smallest absolute Gasteiger partial charge is 0.274 e. The molecule has 1 aromatic carbocycles. The predicted octanol–water partition coefficient (Wildman–Crippen LogP) is 2.72. The molecular weight excluding hydrogens is 310 g/mol. The van der Waals surface area contributed by atoms with Gasteiger partial charge in [-0.2, -0.15) is 11.8 Å². The highest BCUT2D eigenvalue weighted by atomic mass is 32.2. The fourth-order valence-corrected chi connectivity index (χ4v) is 3.69. The minimum Gasteiger partial charge on any atom is -0.480 e. The van der Waals surface area contributed by atoms with Gasteiger partial charge in [0.25, 0.3) is 5.91 Å². The zero-order chi connectivity index (χ0) is 16.2. The van der Waals surface area contributed by atoms with Crippen molar-refractivity contribution in [1.29, 1.82) is 0 Å². The molecule has 1 aliphatic heterocycles. The van der Waals surface area contributed by atoms with Crippen molar-refractivity contribution in [3.8, 4) is 5.88 Å². The minimum absolute atomic E-state index is 0.0748. The largest absolute Gasteiger partial charge is 0.480 e. The van der Waals surface area contributed by atoms with Gasteiger partial charge in [0.15, 0.2) is 5.69 Å². The zero-order valence-electron chi connectivity index (χ0n) is 13.2. The maximum Gasteiger partial charge on any atom is 0.274 e. The molecule has 120 valence electrons. The predicted molar refractivity (Wildman–Crippen MR) is 90.9 cm³/mol. The summed E-state index contributed by atoms with van der Waals surface area (Å²) in [6, 6.07) is 11.8. The molecule has 0 bridgehead atoms. The van der Waals surface area contributed by atoms with Crippen LogP contribution in [0.15, 0.2) is 36.4 Å². The molecule has 0 spiro atoms. The molecule has 1 aliphatic rings. The first-order chi connectivity index (χ1) is 11.2. The molecule has 0 saturated carbocycles. The molecule has 3 rings (SSSR count). The van der Waals surface area contributed by atoms with Gasteiger partial charge in [0.05, 0.1) is 13.2 Å². The highest BCUT2D eigenvalue weighted by Crippen LogP contribution is 2.30. The number of aromatic nitrogens is 2. The lowest BCUT2D eigenvalue weighted by Crippen LogP contribution is -2.41. The Hall–Kier alpha value is -2.08. The van der Waals surface area contributed by atoms with E-state index in [0.717, 1.165) is 23.6 Å². The molecule has 2 heterocycles. The molecule has 0 unspecified atom stereocenters. The van der Waals surface area contributed by atoms with Gasteiger partial charge in [-0.05, 0) is 18.6 Å². The Balaban J connectivity index is 1.85. The second kappa shape index (κ2) is 7.00. The van der Waals surface area contributed by atoms with E-state index in [9.17, 15) is 4.79 Å². The number of rotatable bonds is 3. The fourth-order valence-electron chi connectivity index (χ4n) is 2.60. The van der Waals surface area contributed by atoms with Gasteiger partial charge in [0.1, 0.15) is 0 Å². The van der Waals surface area contributed by atoms with E-state index in [4.69, 9.17) is 4.74 Å². The Morgan fingerprint density at radius 2 is 2.00 bits per heavy atom. The van der Waals surface area contributed by atoms with Gasteiger partial charge in [0, 0.05) is 24.1 Å². The average molecular weight is 329 g/mol. The number of aryl methyl sites for hydroxylation is 1. The van der Waals surface area contributed by atoms with Gasteiger partial charge < -0.3 is 9.64 Å². The Kier molecular flexibility index (Phi) is 4.81. The summed E-state index contributed by atoms with van der Waals surface area (Å²) in [6.07, 6.45) is 0. The summed E-state index contributed by atoms with van der Waals surface area (Å²) < 4.78 is 4.99. The Morgan fingerprint density at radius 1 is 1.22 bits per heavy atom. The Labute approximate surface area is 140 Å². The van der Waals surface area contributed by atoms with E-state index < -0.39 is 0 Å². The van der Waals surface area contributed by atoms with E-state index in [-0.39, 0.29) is 11.9 Å². The number of amides is 1. The van der Waals surface area contributed by atoms with Crippen molar-refractivity contribution in [3.63, 3.8) is 0 Å². The number of ether oxygens (including phenoxy) is 1. The van der Waals surface area contributed by atoms with Crippen LogP contribution in [-0.2, 0) is 0 Å². The maximum atomic E-state index is 12.8. The molecule has 1 atom stereocenters. The molecule has 5 nitrogen and oxygen atoms in total. The van der Waals surface area contributed by atoms with Crippen LogP contribution in [-0.4, -0.2) is 46.2 Å². The monoisotopic (exact) mass is 329 g/mol. The van der Waals surface area contributed by atoms with E-state index in [1.807, 2.05) is 16.7 Å². The summed E-state index contributed by atoms with van der Waals surface area (Å²) in [7, 11) is 1.53. The quantitative estimate of drug-likeness (QED) is 0.866. The summed E-state index contributed by atoms with van der Waals surface area (Å²) in [4.78, 5) is 14.7. The standard InChI is InChI=1S/C17H19N3O2S/c1-12-3-5-13(6-4-12)15-11-23-10-9-20(15)17(21)14-7-8-16(22-2)19-18-14/h3-8,15H,9-11H2,1-2H3/t15-/m0/s1. The van der Waals surface area contributed by atoms with Crippen LogP contribution in [0.1, 0.15) is 27.7 Å². The summed E-state index contributed by atoms with van der Waals surface area (Å²) >= 11 is 1.87. The van der Waals surface area contributed by atoms with Gasteiger partial charge in [-0.25, -0.2) is 0 Å². The van der Waals surface area contributed by atoms with Gasteiger partial charge >= 0.3 is 0 Å². The number of methoxy groups -OCH3 is 1. The molecule has 0 N–H and O–H groups in total. The van der Waals surface area contributed by atoms with Crippen molar-refractivity contribution in [2.24, 2.45) is 0 Å². The van der Waals surface area contributed by atoms with Crippen LogP contribution in [0.3, 0.4) is 0 Å². The number of hydrogen-bond donors (Lipinski definition) is 0. The molecular formula is C17H19N3O2S. The van der Waals surface area contributed by atoms with E-state index in [1.54, 1.807) is 12.1 Å². The fraction of sp³-hybridized carbons (Fsp3) is 0.353. The van der Waals surface area contributed by atoms with Crippen molar-refractivity contribution in [1.82, 2.24) is 15.1 Å². The first kappa shape index (κ1) is 15.8. The number of benzene rings is 1. The molecule has 1 saturated heterocycles. The lowest BCUT2D eigenvalue weighted by Gasteiger charge is -2.35. The van der Waals surface area contributed by atoms with Crippen LogP contribution in [0.25, 0.3) is 0 Å². The third-order valence-corrected chi connectivity index (χ3v) is 4.94. The minimum atomic E-state index is -0.0778. The molecule has 1 fully saturated rings. The van der Waals surface area contributed by atoms with Crippen molar-refractivity contribution < 1.29 is 9.53 Å². The third-order valence-electron chi connectivity index (χ3n) is 3.92. The van der Waals surface area contributed by atoms with Crippen LogP contribution in [0.5, 0.6) is 5.88 Å². The molecule has 0 aliphatic carbocycles. The van der Waals surface area contributed by atoms with Gasteiger partial charge in [-0.15, -0.1) is 10.2 Å². The SMILES string of the molecule is COc1ccc(C(=O)N2CCSC[C@H]2c2ccc(C)cc2)nn1. The van der Waals surface area contributed by atoms with Gasteiger partial charge in [-0.3, -0.25) is 4.79 Å². The highest BCUT2D eigenvalue weighted by molar-refractivity contribution is 7.99. The highest BCUT2D eigenvalue weighted by Gasteiger charge is 2.29. The van der Waals surface area contributed by atoms with E-state index in [0.29, 0.717) is 11.6 Å². The van der Waals surface area contributed by atoms with E-state index in [2.05, 4.69) is 41.4 Å². The molecule has 1 amide bonds. The van der Waals surface area contributed by atoms with E-state index in [1.165, 1.54) is 12.7 Å². The third kappa shape index (κ3) is 3.47. The van der Waals surface area contributed by atoms with Crippen LogP contribution in [0.2, 0.25) is 0 Å². The number of carbonyl (C=O) groups excluding carboxylic acids is 1. The number of nitrogens with zero attached hydrogens (tertiary/aromatic N) is 3. The maximum absolute atomic E-state index is 12.8. The van der Waals surface area contributed by atoms with Gasteiger partial charge in [0.2, 0.25) is 5.88 Å². The van der Waals surface area contributed by atoms with Crippen molar-refractivity contribution in [3.05, 3.63) is 53.2 Å². The second-order valence-electron chi connectivity index (χ2n) is 5.46. The molecule has 6 heteroatoms. The van der Waals surface area contributed by atoms with Crippen LogP contribution < -0.4 is 4.74 Å². The first-order valence-electron chi connectivity index (χ1n) is 7.52. The van der Waals surface area contributed by atoms with Crippen LogP contribution in [0.4, 0.5) is 0 Å².